The van der Waals surface area contributed by atoms with E-state index in [-0.39, 0.29) is 16.9 Å². The molecule has 0 bridgehead atoms. The van der Waals surface area contributed by atoms with E-state index in [0.717, 1.165) is 44.9 Å². The molecule has 7 atom stereocenters. The Bertz CT molecular complexity index is 538. The average Bonchev–Trinajstić information content (AvgIpc) is 2.82. The van der Waals surface area contributed by atoms with E-state index in [1.165, 1.54) is 0 Å². The summed E-state index contributed by atoms with van der Waals surface area (Å²) in [6.07, 6.45) is 8.35. The molecule has 120 valence electrons. The first-order valence-corrected chi connectivity index (χ1v) is 9.11. The second kappa shape index (κ2) is 4.81. The van der Waals surface area contributed by atoms with Crippen LogP contribution in [0.15, 0.2) is 0 Å². The molecule has 0 amide bonds. The molecular weight excluding hydrogens is 274 g/mol. The van der Waals surface area contributed by atoms with Gasteiger partial charge in [-0.25, -0.2) is 0 Å². The van der Waals surface area contributed by atoms with Crippen LogP contribution in [0.1, 0.15) is 64.7 Å². The molecule has 4 aliphatic rings. The molecule has 0 heterocycles. The van der Waals surface area contributed by atoms with E-state index in [9.17, 15) is 15.2 Å². The molecule has 4 aliphatic carbocycles. The SMILES string of the molecule is C[C@]12CCC3C(CCC4(C#N)CC(=O)CC[C@H]34)C1CC[C@@H]2O. The molecule has 0 aliphatic heterocycles. The number of rotatable bonds is 0. The summed E-state index contributed by atoms with van der Waals surface area (Å²) in [5, 5.41) is 20.3. The Morgan fingerprint density at radius 2 is 1.82 bits per heavy atom. The van der Waals surface area contributed by atoms with Gasteiger partial charge in [-0.1, -0.05) is 6.92 Å². The third-order valence-electron chi connectivity index (χ3n) is 8.06. The number of nitriles is 1. The fourth-order valence-electron chi connectivity index (χ4n) is 6.87. The van der Waals surface area contributed by atoms with Crippen LogP contribution in [-0.2, 0) is 4.79 Å². The van der Waals surface area contributed by atoms with E-state index in [0.29, 0.717) is 42.3 Å². The maximum Gasteiger partial charge on any atom is 0.134 e. The van der Waals surface area contributed by atoms with Gasteiger partial charge in [0.25, 0.3) is 0 Å². The standard InChI is InChI=1S/C19H27NO2/c1-18-8-6-14-13(15(18)4-5-17(18)22)7-9-19(11-20)10-12(21)2-3-16(14)19/h13-17,22H,2-10H2,1H3/t13?,14?,15?,16-,17+,18+,19?/m1/s1. The van der Waals surface area contributed by atoms with Gasteiger partial charge in [-0.2, -0.15) is 5.26 Å². The Morgan fingerprint density at radius 1 is 1.09 bits per heavy atom. The van der Waals surface area contributed by atoms with Crippen molar-refractivity contribution in [1.29, 1.82) is 5.26 Å². The van der Waals surface area contributed by atoms with Gasteiger partial charge in [0.15, 0.2) is 0 Å². The molecular formula is C19H27NO2. The molecule has 3 nitrogen and oxygen atoms in total. The summed E-state index contributed by atoms with van der Waals surface area (Å²) in [6.45, 7) is 2.29. The van der Waals surface area contributed by atoms with Crippen LogP contribution in [0.5, 0.6) is 0 Å². The van der Waals surface area contributed by atoms with E-state index in [4.69, 9.17) is 0 Å². The first-order chi connectivity index (χ1) is 10.5. The molecule has 4 fully saturated rings. The molecule has 22 heavy (non-hydrogen) atoms. The lowest BCUT2D eigenvalue weighted by atomic mass is 9.46. The van der Waals surface area contributed by atoms with Crippen LogP contribution < -0.4 is 0 Å². The number of hydrogen-bond donors (Lipinski definition) is 1. The predicted molar refractivity (Wildman–Crippen MR) is 82.7 cm³/mol. The quantitative estimate of drug-likeness (QED) is 0.745. The number of nitrogens with zero attached hydrogens (tertiary/aromatic N) is 1. The lowest BCUT2D eigenvalue weighted by molar-refractivity contribution is -0.133. The molecule has 4 rings (SSSR count). The molecule has 0 radical (unpaired) electrons. The number of hydrogen-bond acceptors (Lipinski definition) is 3. The minimum atomic E-state index is -0.360. The molecule has 0 saturated heterocycles. The zero-order valence-corrected chi connectivity index (χ0v) is 13.6. The first-order valence-electron chi connectivity index (χ1n) is 9.11. The minimum Gasteiger partial charge on any atom is -0.393 e. The summed E-state index contributed by atoms with van der Waals surface area (Å²) in [5.41, 5.74) is -0.250. The van der Waals surface area contributed by atoms with Crippen molar-refractivity contribution in [2.45, 2.75) is 70.8 Å². The van der Waals surface area contributed by atoms with Crippen molar-refractivity contribution >= 4 is 5.78 Å². The van der Waals surface area contributed by atoms with Crippen molar-refractivity contribution in [2.24, 2.45) is 34.5 Å². The van der Waals surface area contributed by atoms with Crippen molar-refractivity contribution in [3.8, 4) is 6.07 Å². The van der Waals surface area contributed by atoms with Crippen molar-refractivity contribution in [1.82, 2.24) is 0 Å². The lowest BCUT2D eigenvalue weighted by Gasteiger charge is -2.57. The van der Waals surface area contributed by atoms with Crippen LogP contribution in [0.25, 0.3) is 0 Å². The number of carbonyl (C=O) groups is 1. The predicted octanol–water partition coefficient (Wildman–Crippen LogP) is 3.46. The van der Waals surface area contributed by atoms with E-state index in [1.807, 2.05) is 0 Å². The van der Waals surface area contributed by atoms with E-state index in [1.54, 1.807) is 0 Å². The van der Waals surface area contributed by atoms with Gasteiger partial charge >= 0.3 is 0 Å². The molecule has 3 heteroatoms. The highest BCUT2D eigenvalue weighted by molar-refractivity contribution is 5.80. The van der Waals surface area contributed by atoms with Crippen LogP contribution in [0, 0.1) is 45.8 Å². The van der Waals surface area contributed by atoms with Crippen LogP contribution in [0.3, 0.4) is 0 Å². The Kier molecular flexibility index (Phi) is 3.21. The first kappa shape index (κ1) is 14.7. The van der Waals surface area contributed by atoms with Gasteiger partial charge in [0.05, 0.1) is 17.6 Å². The number of ketones is 1. The fourth-order valence-corrected chi connectivity index (χ4v) is 6.87. The van der Waals surface area contributed by atoms with Crippen molar-refractivity contribution < 1.29 is 9.90 Å². The monoisotopic (exact) mass is 301 g/mol. The third-order valence-corrected chi connectivity index (χ3v) is 8.06. The summed E-state index contributed by atoms with van der Waals surface area (Å²) >= 11 is 0. The average molecular weight is 301 g/mol. The summed E-state index contributed by atoms with van der Waals surface area (Å²) in [5.74, 6) is 2.65. The van der Waals surface area contributed by atoms with Gasteiger partial charge in [0.1, 0.15) is 5.78 Å². The smallest absolute Gasteiger partial charge is 0.134 e. The Morgan fingerprint density at radius 3 is 2.59 bits per heavy atom. The maximum absolute atomic E-state index is 11.9. The molecule has 0 aromatic carbocycles. The lowest BCUT2D eigenvalue weighted by Crippen LogP contribution is -2.53. The highest BCUT2D eigenvalue weighted by atomic mass is 16.3. The van der Waals surface area contributed by atoms with Gasteiger partial charge < -0.3 is 5.11 Å². The zero-order chi connectivity index (χ0) is 15.5. The van der Waals surface area contributed by atoms with Gasteiger partial charge in [-0.3, -0.25) is 4.79 Å². The molecule has 1 N–H and O–H groups in total. The van der Waals surface area contributed by atoms with E-state index < -0.39 is 0 Å². The van der Waals surface area contributed by atoms with E-state index >= 15 is 0 Å². The molecule has 0 aromatic heterocycles. The van der Waals surface area contributed by atoms with Crippen LogP contribution in [0.2, 0.25) is 0 Å². The van der Waals surface area contributed by atoms with Crippen LogP contribution >= 0.6 is 0 Å². The zero-order valence-electron chi connectivity index (χ0n) is 13.6. The number of Topliss-reactive ketones (excluding diaryl/α,β-unsaturated/α-hetero) is 1. The molecule has 0 spiro atoms. The number of fused-ring (bicyclic) bond motifs is 5. The summed E-state index contributed by atoms with van der Waals surface area (Å²) in [6, 6.07) is 2.59. The summed E-state index contributed by atoms with van der Waals surface area (Å²) in [7, 11) is 0. The largest absolute Gasteiger partial charge is 0.393 e. The topological polar surface area (TPSA) is 61.1 Å². The van der Waals surface area contributed by atoms with E-state index in [2.05, 4.69) is 13.0 Å². The molecule has 4 saturated carbocycles. The second-order valence-corrected chi connectivity index (χ2v) is 8.74. The van der Waals surface area contributed by atoms with Crippen molar-refractivity contribution in [3.05, 3.63) is 0 Å². The normalized spacial score (nSPS) is 54.0. The second-order valence-electron chi connectivity index (χ2n) is 8.74. The summed E-state index contributed by atoms with van der Waals surface area (Å²) in [4.78, 5) is 11.9. The number of aliphatic hydroxyl groups is 1. The molecule has 4 unspecified atom stereocenters. The number of aliphatic hydroxyl groups excluding tert-OH is 1. The fraction of sp³-hybridized carbons (Fsp3) is 0.895. The maximum atomic E-state index is 11.9. The van der Waals surface area contributed by atoms with Crippen LogP contribution in [-0.4, -0.2) is 17.0 Å². The van der Waals surface area contributed by atoms with Gasteiger partial charge in [-0.15, -0.1) is 0 Å². The Hall–Kier alpha value is -0.880. The highest BCUT2D eigenvalue weighted by Crippen LogP contribution is 2.64. The van der Waals surface area contributed by atoms with Gasteiger partial charge in [-0.05, 0) is 74.0 Å². The Balaban J connectivity index is 1.65. The molecule has 0 aromatic rings. The van der Waals surface area contributed by atoms with Gasteiger partial charge in [0, 0.05) is 12.8 Å². The summed E-state index contributed by atoms with van der Waals surface area (Å²) < 4.78 is 0. The third kappa shape index (κ3) is 1.80. The highest BCUT2D eigenvalue weighted by Gasteiger charge is 2.60. The van der Waals surface area contributed by atoms with Crippen LogP contribution in [0.4, 0.5) is 0 Å². The van der Waals surface area contributed by atoms with Crippen molar-refractivity contribution in [2.75, 3.05) is 0 Å². The Labute approximate surface area is 133 Å². The van der Waals surface area contributed by atoms with Crippen molar-refractivity contribution in [3.63, 3.8) is 0 Å². The van der Waals surface area contributed by atoms with Gasteiger partial charge in [0.2, 0.25) is 0 Å². The minimum absolute atomic E-state index is 0.109. The number of carbonyl (C=O) groups excluding carboxylic acids is 1.